The van der Waals surface area contributed by atoms with Crippen LogP contribution in [0.1, 0.15) is 18.4 Å². The molecule has 0 unspecified atom stereocenters. The average molecular weight is 429 g/mol. The van der Waals surface area contributed by atoms with Crippen LogP contribution in [0.25, 0.3) is 0 Å². The Bertz CT molecular complexity index is 629. The predicted octanol–water partition coefficient (Wildman–Crippen LogP) is 2.99. The molecule has 1 fully saturated rings. The number of hydrogen-bond donors (Lipinski definition) is 1. The summed E-state index contributed by atoms with van der Waals surface area (Å²) in [4.78, 5) is 0.474. The van der Waals surface area contributed by atoms with Gasteiger partial charge in [0, 0.05) is 13.1 Å². The molecule has 2 N–H and O–H groups in total. The summed E-state index contributed by atoms with van der Waals surface area (Å²) >= 11 is 11.4. The summed E-state index contributed by atoms with van der Waals surface area (Å²) in [6.07, 6.45) is 3.30. The Balaban J connectivity index is 2.20. The van der Waals surface area contributed by atoms with Crippen LogP contribution in [0.15, 0.2) is 14.1 Å². The summed E-state index contributed by atoms with van der Waals surface area (Å²) in [6, 6.07) is 1.72. The van der Waals surface area contributed by atoms with Crippen LogP contribution in [0, 0.1) is 6.92 Å². The molecule has 2 rings (SSSR count). The van der Waals surface area contributed by atoms with Gasteiger partial charge in [-0.15, -0.1) is 11.3 Å². The van der Waals surface area contributed by atoms with Gasteiger partial charge < -0.3 is 5.73 Å². The van der Waals surface area contributed by atoms with Crippen LogP contribution in [0.3, 0.4) is 0 Å². The number of halogens is 1. The third-order valence-electron chi connectivity index (χ3n) is 3.80. The zero-order valence-electron chi connectivity index (χ0n) is 11.8. The lowest BCUT2D eigenvalue weighted by molar-refractivity contribution is 0.333. The fourth-order valence-corrected chi connectivity index (χ4v) is 7.39. The number of sulfonamides is 1. The minimum atomic E-state index is -3.42. The number of thiophene rings is 1. The monoisotopic (exact) mass is 428 g/mol. The molecule has 0 spiro atoms. The smallest absolute Gasteiger partial charge is 0.252 e. The van der Waals surface area contributed by atoms with Crippen LogP contribution in [0.2, 0.25) is 0 Å². The van der Waals surface area contributed by atoms with Gasteiger partial charge in [0.25, 0.3) is 10.0 Å². The maximum Gasteiger partial charge on any atom is 0.252 e. The number of piperidine rings is 1. The normalized spacial score (nSPS) is 19.6. The lowest BCUT2D eigenvalue weighted by Gasteiger charge is -2.39. The molecular formula is C12H17BrN2O2S4. The van der Waals surface area contributed by atoms with E-state index in [4.69, 9.17) is 18.0 Å². The first-order chi connectivity index (χ1) is 9.73. The quantitative estimate of drug-likeness (QED) is 0.746. The highest BCUT2D eigenvalue weighted by Crippen LogP contribution is 2.38. The molecule has 2 heterocycles. The first-order valence-electron chi connectivity index (χ1n) is 6.34. The second-order valence-corrected chi connectivity index (χ2v) is 11.2. The Hall–Kier alpha value is 0.330. The Morgan fingerprint density at radius 2 is 2.10 bits per heavy atom. The van der Waals surface area contributed by atoms with Crippen molar-refractivity contribution in [3.8, 4) is 0 Å². The van der Waals surface area contributed by atoms with Crippen molar-refractivity contribution in [2.24, 2.45) is 5.73 Å². The van der Waals surface area contributed by atoms with E-state index in [0.717, 1.165) is 9.35 Å². The van der Waals surface area contributed by atoms with E-state index in [0.29, 0.717) is 35.1 Å². The summed E-state index contributed by atoms with van der Waals surface area (Å²) < 4.78 is 27.9. The number of nitrogens with two attached hydrogens (primary N) is 1. The van der Waals surface area contributed by atoms with E-state index in [-0.39, 0.29) is 4.75 Å². The molecular weight excluding hydrogens is 412 g/mol. The molecule has 1 aromatic rings. The maximum atomic E-state index is 12.7. The molecule has 0 amide bonds. The second-order valence-electron chi connectivity index (χ2n) is 4.99. The highest BCUT2D eigenvalue weighted by atomic mass is 79.9. The van der Waals surface area contributed by atoms with E-state index >= 15 is 0 Å². The number of nitrogens with zero attached hydrogens (tertiary/aromatic N) is 1. The van der Waals surface area contributed by atoms with Crippen molar-refractivity contribution in [1.82, 2.24) is 4.31 Å². The zero-order chi connectivity index (χ0) is 15.8. The van der Waals surface area contributed by atoms with Gasteiger partial charge in [-0.05, 0) is 53.6 Å². The molecule has 0 radical (unpaired) electrons. The van der Waals surface area contributed by atoms with Gasteiger partial charge in [-0.1, -0.05) is 12.2 Å². The molecule has 1 aromatic heterocycles. The molecule has 0 aromatic carbocycles. The summed E-state index contributed by atoms with van der Waals surface area (Å²) in [7, 11) is -3.42. The lowest BCUT2D eigenvalue weighted by Crippen LogP contribution is -2.50. The van der Waals surface area contributed by atoms with Gasteiger partial charge in [0.15, 0.2) is 0 Å². The van der Waals surface area contributed by atoms with E-state index in [2.05, 4.69) is 15.9 Å². The van der Waals surface area contributed by atoms with Crippen LogP contribution in [0.4, 0.5) is 0 Å². The molecule has 0 atom stereocenters. The molecule has 4 nitrogen and oxygen atoms in total. The zero-order valence-corrected chi connectivity index (χ0v) is 16.6. The molecule has 1 aliphatic heterocycles. The predicted molar refractivity (Wildman–Crippen MR) is 97.8 cm³/mol. The van der Waals surface area contributed by atoms with E-state index in [9.17, 15) is 8.42 Å². The number of rotatable bonds is 4. The first kappa shape index (κ1) is 17.7. The van der Waals surface area contributed by atoms with Crippen molar-refractivity contribution >= 4 is 66.3 Å². The van der Waals surface area contributed by atoms with Crippen molar-refractivity contribution in [1.29, 1.82) is 0 Å². The lowest BCUT2D eigenvalue weighted by atomic mass is 9.97. The number of aryl methyl sites for hydroxylation is 1. The fraction of sp³-hybridized carbons (Fsp3) is 0.583. The van der Waals surface area contributed by atoms with Crippen molar-refractivity contribution < 1.29 is 8.42 Å². The van der Waals surface area contributed by atoms with E-state index in [1.807, 2.05) is 13.2 Å². The Morgan fingerprint density at radius 3 is 2.48 bits per heavy atom. The number of thiocarbonyl (C=S) groups is 1. The molecule has 0 aliphatic carbocycles. The molecule has 9 heteroatoms. The van der Waals surface area contributed by atoms with Gasteiger partial charge in [-0.25, -0.2) is 8.42 Å². The Kier molecular flexibility index (Phi) is 5.43. The van der Waals surface area contributed by atoms with Gasteiger partial charge >= 0.3 is 0 Å². The fourth-order valence-electron chi connectivity index (χ4n) is 2.33. The van der Waals surface area contributed by atoms with Crippen molar-refractivity contribution in [2.45, 2.75) is 28.7 Å². The summed E-state index contributed by atoms with van der Waals surface area (Å²) in [5.74, 6) is 0. The van der Waals surface area contributed by atoms with Crippen LogP contribution in [-0.4, -0.2) is 41.8 Å². The maximum absolute atomic E-state index is 12.7. The van der Waals surface area contributed by atoms with Gasteiger partial charge in [-0.2, -0.15) is 16.1 Å². The third kappa shape index (κ3) is 3.32. The van der Waals surface area contributed by atoms with Crippen LogP contribution in [-0.2, 0) is 10.0 Å². The Labute approximate surface area is 147 Å². The number of thioether (sulfide) groups is 1. The SMILES string of the molecule is CSC1(C(N)=S)CCN(S(=O)(=O)c2cc(C)c(Br)s2)CC1. The highest BCUT2D eigenvalue weighted by molar-refractivity contribution is 9.11. The molecule has 1 aliphatic rings. The van der Waals surface area contributed by atoms with Crippen molar-refractivity contribution in [3.63, 3.8) is 0 Å². The molecule has 0 saturated carbocycles. The van der Waals surface area contributed by atoms with Crippen LogP contribution < -0.4 is 5.73 Å². The summed E-state index contributed by atoms with van der Waals surface area (Å²) in [6.45, 7) is 2.80. The van der Waals surface area contributed by atoms with Gasteiger partial charge in [0.05, 0.1) is 13.5 Å². The van der Waals surface area contributed by atoms with E-state index in [1.165, 1.54) is 15.6 Å². The van der Waals surface area contributed by atoms with Crippen LogP contribution in [0.5, 0.6) is 0 Å². The third-order valence-corrected chi connectivity index (χ3v) is 10.2. The summed E-state index contributed by atoms with van der Waals surface area (Å²) in [5.41, 5.74) is 6.78. The molecule has 1 saturated heterocycles. The molecule has 21 heavy (non-hydrogen) atoms. The van der Waals surface area contributed by atoms with E-state index < -0.39 is 10.0 Å². The van der Waals surface area contributed by atoms with Crippen LogP contribution >= 0.6 is 51.2 Å². The Morgan fingerprint density at radius 1 is 1.52 bits per heavy atom. The molecule has 0 bridgehead atoms. The number of hydrogen-bond acceptors (Lipinski definition) is 5. The second kappa shape index (κ2) is 6.45. The van der Waals surface area contributed by atoms with Gasteiger partial charge in [-0.3, -0.25) is 0 Å². The highest BCUT2D eigenvalue weighted by Gasteiger charge is 2.40. The van der Waals surface area contributed by atoms with Gasteiger partial charge in [0.1, 0.15) is 4.21 Å². The topological polar surface area (TPSA) is 63.4 Å². The minimum absolute atomic E-state index is 0.271. The average Bonchev–Trinajstić information content (AvgIpc) is 2.79. The van der Waals surface area contributed by atoms with Gasteiger partial charge in [0.2, 0.25) is 0 Å². The minimum Gasteiger partial charge on any atom is -0.392 e. The first-order valence-corrected chi connectivity index (χ1v) is 11.0. The van der Waals surface area contributed by atoms with Crippen molar-refractivity contribution in [3.05, 3.63) is 15.4 Å². The largest absolute Gasteiger partial charge is 0.392 e. The van der Waals surface area contributed by atoms with Crippen molar-refractivity contribution in [2.75, 3.05) is 19.3 Å². The standard InChI is InChI=1S/C12H17BrN2O2S4/c1-8-7-9(20-10(8)13)21(16,17)15-5-3-12(19-2,4-6-15)11(14)18/h7H,3-6H2,1-2H3,(H2,14,18). The molecule has 118 valence electrons. The summed E-state index contributed by atoms with van der Waals surface area (Å²) in [5, 5.41) is 0. The van der Waals surface area contributed by atoms with E-state index in [1.54, 1.807) is 17.8 Å².